The van der Waals surface area contributed by atoms with Gasteiger partial charge in [0.15, 0.2) is 11.5 Å². The van der Waals surface area contributed by atoms with Crippen molar-refractivity contribution in [1.82, 2.24) is 0 Å². The normalized spacial score (nSPS) is 11.8. The van der Waals surface area contributed by atoms with Crippen LogP contribution in [0.15, 0.2) is 36.4 Å². The van der Waals surface area contributed by atoms with Gasteiger partial charge in [-0.25, -0.2) is 0 Å². The van der Waals surface area contributed by atoms with Gasteiger partial charge in [0, 0.05) is 17.2 Å². The lowest BCUT2D eigenvalue weighted by molar-refractivity contribution is -0.384. The predicted octanol–water partition coefficient (Wildman–Crippen LogP) is 3.88. The molecule has 100 valence electrons. The van der Waals surface area contributed by atoms with E-state index in [1.807, 2.05) is 24.3 Å². The van der Waals surface area contributed by atoms with Crippen molar-refractivity contribution < 1.29 is 14.4 Å². The van der Waals surface area contributed by atoms with Gasteiger partial charge in [-0.2, -0.15) is 0 Å². The van der Waals surface area contributed by atoms with E-state index >= 15 is 0 Å². The van der Waals surface area contributed by atoms with Crippen LogP contribution in [-0.4, -0.2) is 12.0 Å². The molecule has 2 aromatic rings. The highest BCUT2D eigenvalue weighted by Gasteiger charge is 2.17. The summed E-state index contributed by atoms with van der Waals surface area (Å²) in [5.74, 6) is 1.59. The van der Waals surface area contributed by atoms with Gasteiger partial charge in [-0.1, -0.05) is 24.3 Å². The first kappa shape index (κ1) is 12.2. The number of rotatable bonds is 2. The number of nitrogens with zero attached hydrogens (tertiary/aromatic N) is 1. The van der Waals surface area contributed by atoms with E-state index in [0.717, 1.165) is 11.1 Å². The first-order valence-corrected chi connectivity index (χ1v) is 6.00. The van der Waals surface area contributed by atoms with E-state index in [2.05, 4.69) is 0 Å². The summed E-state index contributed by atoms with van der Waals surface area (Å²) in [6.45, 7) is 0. The van der Waals surface area contributed by atoms with Crippen molar-refractivity contribution in [2.75, 3.05) is 7.11 Å². The molecule has 20 heavy (non-hydrogen) atoms. The van der Waals surface area contributed by atoms with Crippen molar-refractivity contribution in [3.8, 4) is 17.2 Å². The van der Waals surface area contributed by atoms with Crippen LogP contribution in [0.25, 0.3) is 12.2 Å². The van der Waals surface area contributed by atoms with Gasteiger partial charge >= 0.3 is 0 Å². The minimum absolute atomic E-state index is 0.00417. The minimum Gasteiger partial charge on any atom is -0.493 e. The number of methoxy groups -OCH3 is 1. The van der Waals surface area contributed by atoms with Gasteiger partial charge in [-0.3, -0.25) is 10.1 Å². The van der Waals surface area contributed by atoms with E-state index in [4.69, 9.17) is 9.47 Å². The fourth-order valence-corrected chi connectivity index (χ4v) is 2.09. The maximum atomic E-state index is 10.8. The Hall–Kier alpha value is -2.82. The first-order chi connectivity index (χ1) is 9.69. The van der Waals surface area contributed by atoms with Crippen LogP contribution in [0, 0.1) is 10.1 Å². The van der Waals surface area contributed by atoms with Crippen LogP contribution in [0.2, 0.25) is 0 Å². The quantitative estimate of drug-likeness (QED) is 0.523. The Bertz CT molecular complexity index is 722. The highest BCUT2D eigenvalue weighted by atomic mass is 16.6. The molecule has 2 aromatic carbocycles. The zero-order chi connectivity index (χ0) is 14.1. The van der Waals surface area contributed by atoms with Crippen LogP contribution in [0.5, 0.6) is 17.2 Å². The number of fused-ring (bicyclic) bond motifs is 2. The molecule has 1 heterocycles. The second-order valence-corrected chi connectivity index (χ2v) is 4.29. The third-order valence-corrected chi connectivity index (χ3v) is 3.09. The maximum Gasteiger partial charge on any atom is 0.273 e. The van der Waals surface area contributed by atoms with Gasteiger partial charge < -0.3 is 9.47 Å². The third kappa shape index (κ3) is 1.99. The second-order valence-electron chi connectivity index (χ2n) is 4.29. The number of hydrogen-bond acceptors (Lipinski definition) is 4. The molecule has 1 aliphatic heterocycles. The Labute approximate surface area is 115 Å². The number of ether oxygens (including phenoxy) is 2. The predicted molar refractivity (Wildman–Crippen MR) is 75.1 cm³/mol. The molecular formula is C15H11NO4. The Balaban J connectivity index is 2.15. The summed E-state index contributed by atoms with van der Waals surface area (Å²) < 4.78 is 11.1. The van der Waals surface area contributed by atoms with Crippen molar-refractivity contribution in [3.05, 3.63) is 57.6 Å². The molecule has 1 aliphatic rings. The molecule has 0 aromatic heterocycles. The van der Waals surface area contributed by atoms with E-state index < -0.39 is 4.92 Å². The zero-order valence-electron chi connectivity index (χ0n) is 10.7. The lowest BCUT2D eigenvalue weighted by atomic mass is 10.1. The monoisotopic (exact) mass is 269 g/mol. The molecular weight excluding hydrogens is 258 g/mol. The van der Waals surface area contributed by atoms with Gasteiger partial charge in [0.05, 0.1) is 18.1 Å². The number of nitro groups is 1. The van der Waals surface area contributed by atoms with Gasteiger partial charge in [-0.15, -0.1) is 0 Å². The number of hydrogen-bond donors (Lipinski definition) is 0. The topological polar surface area (TPSA) is 61.6 Å². The fraction of sp³-hybridized carbons (Fsp3) is 0.0667. The number of nitro benzene ring substituents is 1. The Morgan fingerprint density at radius 1 is 1.15 bits per heavy atom. The molecule has 0 bridgehead atoms. The molecule has 5 nitrogen and oxygen atoms in total. The molecule has 0 aliphatic carbocycles. The molecule has 0 saturated heterocycles. The zero-order valence-corrected chi connectivity index (χ0v) is 10.7. The lowest BCUT2D eigenvalue weighted by Crippen LogP contribution is -1.94. The van der Waals surface area contributed by atoms with E-state index in [0.29, 0.717) is 17.2 Å². The highest BCUT2D eigenvalue weighted by Crippen LogP contribution is 2.41. The first-order valence-electron chi connectivity index (χ1n) is 6.00. The van der Waals surface area contributed by atoms with E-state index in [9.17, 15) is 10.1 Å². The molecule has 0 fully saturated rings. The van der Waals surface area contributed by atoms with Gasteiger partial charge in [-0.05, 0) is 12.1 Å². The summed E-state index contributed by atoms with van der Waals surface area (Å²) in [5, 5.41) is 10.8. The van der Waals surface area contributed by atoms with Crippen LogP contribution in [-0.2, 0) is 0 Å². The number of benzene rings is 2. The molecule has 0 unspecified atom stereocenters. The standard InChI is InChI=1S/C15H11NO4/c1-19-13-4-2-3-11-6-5-10-7-8-12(16(17)18)9-14(10)20-15(11)13/h2-9H,1H3. The van der Waals surface area contributed by atoms with Crippen molar-refractivity contribution in [1.29, 1.82) is 0 Å². The molecule has 5 heteroatoms. The lowest BCUT2D eigenvalue weighted by Gasteiger charge is -2.12. The van der Waals surface area contributed by atoms with Crippen LogP contribution in [0.1, 0.15) is 11.1 Å². The summed E-state index contributed by atoms with van der Waals surface area (Å²) in [6, 6.07) is 10.1. The fourth-order valence-electron chi connectivity index (χ4n) is 2.09. The van der Waals surface area contributed by atoms with E-state index in [1.54, 1.807) is 19.2 Å². The average Bonchev–Trinajstić information content (AvgIpc) is 2.65. The Morgan fingerprint density at radius 3 is 2.70 bits per heavy atom. The highest BCUT2D eigenvalue weighted by molar-refractivity contribution is 5.79. The van der Waals surface area contributed by atoms with Gasteiger partial charge in [0.2, 0.25) is 0 Å². The largest absolute Gasteiger partial charge is 0.493 e. The SMILES string of the molecule is COc1cccc2c1Oc1cc([N+](=O)[O-])ccc1C=C2. The molecule has 0 radical (unpaired) electrons. The molecule has 0 amide bonds. The van der Waals surface area contributed by atoms with Gasteiger partial charge in [0.25, 0.3) is 5.69 Å². The molecule has 0 saturated carbocycles. The summed E-state index contributed by atoms with van der Waals surface area (Å²) in [7, 11) is 1.56. The Morgan fingerprint density at radius 2 is 1.95 bits per heavy atom. The summed E-state index contributed by atoms with van der Waals surface area (Å²) in [6.07, 6.45) is 3.76. The Kier molecular flexibility index (Phi) is 2.87. The van der Waals surface area contributed by atoms with Crippen LogP contribution < -0.4 is 9.47 Å². The average molecular weight is 269 g/mol. The van der Waals surface area contributed by atoms with Crippen molar-refractivity contribution >= 4 is 17.8 Å². The summed E-state index contributed by atoms with van der Waals surface area (Å²) in [5.41, 5.74) is 1.65. The number of para-hydroxylation sites is 1. The van der Waals surface area contributed by atoms with Gasteiger partial charge in [0.1, 0.15) is 5.75 Å². The second kappa shape index (κ2) is 4.70. The van der Waals surface area contributed by atoms with Crippen molar-refractivity contribution in [3.63, 3.8) is 0 Å². The number of non-ortho nitro benzene ring substituents is 1. The third-order valence-electron chi connectivity index (χ3n) is 3.09. The summed E-state index contributed by atoms with van der Waals surface area (Å²) >= 11 is 0. The van der Waals surface area contributed by atoms with Crippen LogP contribution in [0.3, 0.4) is 0 Å². The van der Waals surface area contributed by atoms with Crippen molar-refractivity contribution in [2.24, 2.45) is 0 Å². The molecule has 3 rings (SSSR count). The van der Waals surface area contributed by atoms with E-state index in [-0.39, 0.29) is 5.69 Å². The van der Waals surface area contributed by atoms with Crippen molar-refractivity contribution in [2.45, 2.75) is 0 Å². The van der Waals surface area contributed by atoms with Crippen LogP contribution in [0.4, 0.5) is 5.69 Å². The van der Waals surface area contributed by atoms with E-state index in [1.165, 1.54) is 12.1 Å². The molecule has 0 atom stereocenters. The minimum atomic E-state index is -0.443. The maximum absolute atomic E-state index is 10.8. The van der Waals surface area contributed by atoms with Crippen LogP contribution >= 0.6 is 0 Å². The molecule has 0 spiro atoms. The smallest absolute Gasteiger partial charge is 0.273 e. The molecule has 0 N–H and O–H groups in total. The summed E-state index contributed by atoms with van der Waals surface area (Å²) in [4.78, 5) is 10.4.